The Morgan fingerprint density at radius 2 is 1.79 bits per heavy atom. The molecule has 0 aliphatic carbocycles. The van der Waals surface area contributed by atoms with Crippen molar-refractivity contribution in [2.75, 3.05) is 19.0 Å². The van der Waals surface area contributed by atoms with E-state index in [1.807, 2.05) is 55.5 Å². The molecule has 0 saturated carbocycles. The summed E-state index contributed by atoms with van der Waals surface area (Å²) in [5.41, 5.74) is 8.76. The fourth-order valence-electron chi connectivity index (χ4n) is 1.98. The molecule has 126 valence electrons. The largest absolute Gasteiger partial charge is 0.497 e. The molecular formula is C18H22N4O2. The topological polar surface area (TPSA) is 88.7 Å². The van der Waals surface area contributed by atoms with Crippen LogP contribution in [0.4, 0.5) is 5.69 Å². The molecule has 2 aromatic carbocycles. The highest BCUT2D eigenvalue weighted by molar-refractivity contribution is 5.93. The number of guanidine groups is 1. The Balaban J connectivity index is 1.77. The first kappa shape index (κ1) is 17.3. The maximum atomic E-state index is 11.8. The number of aryl methyl sites for hydroxylation is 1. The summed E-state index contributed by atoms with van der Waals surface area (Å²) in [4.78, 5) is 15.8. The van der Waals surface area contributed by atoms with Crippen LogP contribution in [0.5, 0.6) is 5.75 Å². The van der Waals surface area contributed by atoms with E-state index in [9.17, 15) is 4.79 Å². The van der Waals surface area contributed by atoms with Crippen LogP contribution < -0.4 is 21.1 Å². The average Bonchev–Trinajstić information content (AvgIpc) is 2.60. The van der Waals surface area contributed by atoms with Crippen LogP contribution in [0, 0.1) is 6.92 Å². The molecule has 0 spiro atoms. The fourth-order valence-corrected chi connectivity index (χ4v) is 1.98. The lowest BCUT2D eigenvalue weighted by molar-refractivity contribution is -0.119. The van der Waals surface area contributed by atoms with Gasteiger partial charge in [-0.05, 0) is 36.8 Å². The number of hydrogen-bond donors (Lipinski definition) is 3. The van der Waals surface area contributed by atoms with Crippen LogP contribution >= 0.6 is 0 Å². The number of hydrogen-bond acceptors (Lipinski definition) is 3. The van der Waals surface area contributed by atoms with Crippen molar-refractivity contribution in [3.05, 3.63) is 59.7 Å². The minimum atomic E-state index is -0.195. The number of rotatable bonds is 6. The molecule has 4 N–H and O–H groups in total. The van der Waals surface area contributed by atoms with E-state index in [4.69, 9.17) is 10.5 Å². The smallest absolute Gasteiger partial charge is 0.242 e. The van der Waals surface area contributed by atoms with Crippen LogP contribution in [0.3, 0.4) is 0 Å². The second-order valence-corrected chi connectivity index (χ2v) is 5.32. The van der Waals surface area contributed by atoms with Gasteiger partial charge in [-0.3, -0.25) is 4.79 Å². The molecule has 0 saturated heterocycles. The SMILES string of the molecule is COc1ccc(CNC(=O)CN=C(N)Nc2ccc(C)cc2)cc1. The molecule has 0 heterocycles. The van der Waals surface area contributed by atoms with Crippen molar-refractivity contribution < 1.29 is 9.53 Å². The number of anilines is 1. The van der Waals surface area contributed by atoms with Gasteiger partial charge in [0, 0.05) is 12.2 Å². The zero-order chi connectivity index (χ0) is 17.4. The Labute approximate surface area is 141 Å². The van der Waals surface area contributed by atoms with Gasteiger partial charge in [0.1, 0.15) is 12.3 Å². The zero-order valence-electron chi connectivity index (χ0n) is 13.9. The molecule has 24 heavy (non-hydrogen) atoms. The molecule has 1 amide bonds. The molecule has 6 heteroatoms. The number of nitrogens with two attached hydrogens (primary N) is 1. The molecule has 0 fully saturated rings. The van der Waals surface area contributed by atoms with Crippen molar-refractivity contribution in [2.45, 2.75) is 13.5 Å². The van der Waals surface area contributed by atoms with E-state index in [1.54, 1.807) is 7.11 Å². The van der Waals surface area contributed by atoms with Gasteiger partial charge >= 0.3 is 0 Å². The quantitative estimate of drug-likeness (QED) is 0.560. The average molecular weight is 326 g/mol. The highest BCUT2D eigenvalue weighted by Gasteiger charge is 2.02. The molecule has 0 atom stereocenters. The van der Waals surface area contributed by atoms with E-state index in [0.29, 0.717) is 6.54 Å². The van der Waals surface area contributed by atoms with Crippen LogP contribution in [0.15, 0.2) is 53.5 Å². The summed E-state index contributed by atoms with van der Waals surface area (Å²) in [6, 6.07) is 15.2. The van der Waals surface area contributed by atoms with Gasteiger partial charge < -0.3 is 21.1 Å². The lowest BCUT2D eigenvalue weighted by Gasteiger charge is -2.07. The van der Waals surface area contributed by atoms with E-state index in [-0.39, 0.29) is 18.4 Å². The van der Waals surface area contributed by atoms with Crippen molar-refractivity contribution in [3.8, 4) is 5.75 Å². The Hall–Kier alpha value is -3.02. The summed E-state index contributed by atoms with van der Waals surface area (Å²) in [7, 11) is 1.61. The number of amides is 1. The number of nitrogens with one attached hydrogen (secondary N) is 2. The second kappa shape index (κ2) is 8.57. The van der Waals surface area contributed by atoms with E-state index in [2.05, 4.69) is 15.6 Å². The van der Waals surface area contributed by atoms with Crippen LogP contribution in [0.2, 0.25) is 0 Å². The summed E-state index contributed by atoms with van der Waals surface area (Å²) >= 11 is 0. The Bertz CT molecular complexity index is 694. The zero-order valence-corrected chi connectivity index (χ0v) is 13.9. The number of carbonyl (C=O) groups excluding carboxylic acids is 1. The third-order valence-corrected chi connectivity index (χ3v) is 3.37. The molecule has 0 bridgehead atoms. The van der Waals surface area contributed by atoms with Gasteiger partial charge in [0.2, 0.25) is 5.91 Å². The van der Waals surface area contributed by atoms with Crippen LogP contribution in [-0.2, 0) is 11.3 Å². The molecular weight excluding hydrogens is 304 g/mol. The summed E-state index contributed by atoms with van der Waals surface area (Å²) in [5, 5.41) is 5.74. The van der Waals surface area contributed by atoms with Gasteiger partial charge in [-0.15, -0.1) is 0 Å². The van der Waals surface area contributed by atoms with Gasteiger partial charge in [0.05, 0.1) is 7.11 Å². The van der Waals surface area contributed by atoms with Crippen molar-refractivity contribution in [3.63, 3.8) is 0 Å². The van der Waals surface area contributed by atoms with E-state index in [0.717, 1.165) is 22.6 Å². The van der Waals surface area contributed by atoms with Crippen molar-refractivity contribution in [2.24, 2.45) is 10.7 Å². The number of nitrogens with zero attached hydrogens (tertiary/aromatic N) is 1. The van der Waals surface area contributed by atoms with Crippen molar-refractivity contribution in [1.29, 1.82) is 0 Å². The van der Waals surface area contributed by atoms with E-state index >= 15 is 0 Å². The molecule has 0 aliphatic heterocycles. The summed E-state index contributed by atoms with van der Waals surface area (Å²) in [5.74, 6) is 0.794. The third-order valence-electron chi connectivity index (χ3n) is 3.37. The van der Waals surface area contributed by atoms with Gasteiger partial charge in [-0.25, -0.2) is 4.99 Å². The number of aliphatic imine (C=N–C) groups is 1. The molecule has 6 nitrogen and oxygen atoms in total. The van der Waals surface area contributed by atoms with Crippen molar-refractivity contribution >= 4 is 17.6 Å². The highest BCUT2D eigenvalue weighted by Crippen LogP contribution is 2.11. The summed E-state index contributed by atoms with van der Waals surface area (Å²) in [6.07, 6.45) is 0. The van der Waals surface area contributed by atoms with Gasteiger partial charge in [0.15, 0.2) is 5.96 Å². The van der Waals surface area contributed by atoms with Crippen LogP contribution in [0.1, 0.15) is 11.1 Å². The first-order chi connectivity index (χ1) is 11.6. The summed E-state index contributed by atoms with van der Waals surface area (Å²) < 4.78 is 5.09. The van der Waals surface area contributed by atoms with Crippen LogP contribution in [-0.4, -0.2) is 25.5 Å². The number of methoxy groups -OCH3 is 1. The fraction of sp³-hybridized carbons (Fsp3) is 0.222. The lowest BCUT2D eigenvalue weighted by Crippen LogP contribution is -2.28. The number of ether oxygens (including phenoxy) is 1. The minimum absolute atomic E-state index is 0.0269. The first-order valence-corrected chi connectivity index (χ1v) is 7.60. The van der Waals surface area contributed by atoms with E-state index in [1.165, 1.54) is 0 Å². The van der Waals surface area contributed by atoms with Gasteiger partial charge in [-0.1, -0.05) is 29.8 Å². The molecule has 0 aliphatic rings. The number of benzene rings is 2. The Morgan fingerprint density at radius 1 is 1.12 bits per heavy atom. The Morgan fingerprint density at radius 3 is 2.42 bits per heavy atom. The lowest BCUT2D eigenvalue weighted by atomic mass is 10.2. The standard InChI is InChI=1S/C18H22N4O2/c1-13-3-7-15(8-4-13)22-18(19)21-12-17(23)20-11-14-5-9-16(24-2)10-6-14/h3-10H,11-12H2,1-2H3,(H,20,23)(H3,19,21,22). The normalized spacial score (nSPS) is 11.0. The third kappa shape index (κ3) is 5.64. The summed E-state index contributed by atoms with van der Waals surface area (Å²) in [6.45, 7) is 2.42. The highest BCUT2D eigenvalue weighted by atomic mass is 16.5. The molecule has 0 radical (unpaired) electrons. The second-order valence-electron chi connectivity index (χ2n) is 5.32. The van der Waals surface area contributed by atoms with Gasteiger partial charge in [0.25, 0.3) is 0 Å². The maximum Gasteiger partial charge on any atom is 0.242 e. The van der Waals surface area contributed by atoms with Crippen molar-refractivity contribution in [1.82, 2.24) is 5.32 Å². The molecule has 2 rings (SSSR count). The first-order valence-electron chi connectivity index (χ1n) is 7.60. The van der Waals surface area contributed by atoms with Crippen LogP contribution in [0.25, 0.3) is 0 Å². The minimum Gasteiger partial charge on any atom is -0.497 e. The predicted octanol–water partition coefficient (Wildman–Crippen LogP) is 2.05. The van der Waals surface area contributed by atoms with Gasteiger partial charge in [-0.2, -0.15) is 0 Å². The predicted molar refractivity (Wildman–Crippen MR) is 96.1 cm³/mol. The van der Waals surface area contributed by atoms with E-state index < -0.39 is 0 Å². The maximum absolute atomic E-state index is 11.8. The Kier molecular flexibility index (Phi) is 6.19. The monoisotopic (exact) mass is 326 g/mol. The molecule has 2 aromatic rings. The molecule has 0 aromatic heterocycles. The number of carbonyl (C=O) groups is 1. The molecule has 0 unspecified atom stereocenters.